The van der Waals surface area contributed by atoms with Gasteiger partial charge in [0.15, 0.2) is 0 Å². The number of halogens is 2. The van der Waals surface area contributed by atoms with E-state index in [4.69, 9.17) is 0 Å². The van der Waals surface area contributed by atoms with Crippen LogP contribution in [-0.4, -0.2) is 13.1 Å². The first-order valence-electron chi connectivity index (χ1n) is 6.26. The number of nitrogens with one attached hydrogen (secondary N) is 1. The lowest BCUT2D eigenvalue weighted by Gasteiger charge is -2.35. The number of hydrogen-bond donors (Lipinski definition) is 1. The predicted molar refractivity (Wildman–Crippen MR) is 64.9 cm³/mol. The van der Waals surface area contributed by atoms with Gasteiger partial charge in [0.05, 0.1) is 0 Å². The molecule has 1 aliphatic heterocycles. The molecule has 1 heterocycles. The van der Waals surface area contributed by atoms with Gasteiger partial charge in [-0.2, -0.15) is 0 Å². The van der Waals surface area contributed by atoms with Crippen LogP contribution in [0, 0.1) is 23.5 Å². The fraction of sp³-hybridized carbons (Fsp3) is 0.571. The molecule has 0 aliphatic carbocycles. The van der Waals surface area contributed by atoms with Crippen molar-refractivity contribution in [3.63, 3.8) is 0 Å². The van der Waals surface area contributed by atoms with Gasteiger partial charge in [-0.15, -0.1) is 0 Å². The molecule has 3 heteroatoms. The number of hydrogen-bond acceptors (Lipinski definition) is 1. The first-order chi connectivity index (χ1) is 8.11. The van der Waals surface area contributed by atoms with E-state index >= 15 is 0 Å². The highest BCUT2D eigenvalue weighted by Gasteiger charge is 2.32. The van der Waals surface area contributed by atoms with Gasteiger partial charge in [0.1, 0.15) is 11.6 Å². The molecule has 1 fully saturated rings. The van der Waals surface area contributed by atoms with Gasteiger partial charge in [-0.3, -0.25) is 0 Å². The Labute approximate surface area is 101 Å². The maximum Gasteiger partial charge on any atom is 0.129 e. The monoisotopic (exact) mass is 239 g/mol. The number of benzene rings is 1. The Morgan fingerprint density at radius 1 is 1.24 bits per heavy atom. The highest BCUT2D eigenvalue weighted by atomic mass is 19.1. The van der Waals surface area contributed by atoms with Crippen molar-refractivity contribution in [1.82, 2.24) is 5.32 Å². The summed E-state index contributed by atoms with van der Waals surface area (Å²) in [5, 5.41) is 3.31. The fourth-order valence-electron chi connectivity index (χ4n) is 2.81. The standard InChI is InChI=1S/C14H19F2N/c1-9(2)11-8-17-7-6-10(11)14-12(15)4-3-5-13(14)16/h3-5,9-11,17H,6-8H2,1-2H3. The van der Waals surface area contributed by atoms with Gasteiger partial charge >= 0.3 is 0 Å². The largest absolute Gasteiger partial charge is 0.316 e. The zero-order chi connectivity index (χ0) is 12.4. The molecular weight excluding hydrogens is 220 g/mol. The summed E-state index contributed by atoms with van der Waals surface area (Å²) in [4.78, 5) is 0. The van der Waals surface area contributed by atoms with E-state index in [-0.39, 0.29) is 11.5 Å². The average Bonchev–Trinajstić information content (AvgIpc) is 2.29. The Morgan fingerprint density at radius 3 is 2.47 bits per heavy atom. The van der Waals surface area contributed by atoms with Gasteiger partial charge in [0.25, 0.3) is 0 Å². The molecule has 0 spiro atoms. The zero-order valence-electron chi connectivity index (χ0n) is 10.3. The smallest absolute Gasteiger partial charge is 0.129 e. The van der Waals surface area contributed by atoms with Crippen LogP contribution in [0.1, 0.15) is 31.7 Å². The maximum atomic E-state index is 13.8. The average molecular weight is 239 g/mol. The van der Waals surface area contributed by atoms with Gasteiger partial charge in [0.2, 0.25) is 0 Å². The minimum atomic E-state index is -0.400. The summed E-state index contributed by atoms with van der Waals surface area (Å²) in [7, 11) is 0. The lowest BCUT2D eigenvalue weighted by Crippen LogP contribution is -2.38. The summed E-state index contributed by atoms with van der Waals surface area (Å²) in [5.74, 6) is -0.0792. The van der Waals surface area contributed by atoms with E-state index in [1.54, 1.807) is 0 Å². The van der Waals surface area contributed by atoms with Gasteiger partial charge in [-0.1, -0.05) is 19.9 Å². The van der Waals surface area contributed by atoms with Crippen molar-refractivity contribution in [1.29, 1.82) is 0 Å². The van der Waals surface area contributed by atoms with Crippen LogP contribution in [0.3, 0.4) is 0 Å². The molecule has 2 atom stereocenters. The van der Waals surface area contributed by atoms with Gasteiger partial charge in [-0.05, 0) is 49.4 Å². The van der Waals surface area contributed by atoms with Crippen LogP contribution in [0.5, 0.6) is 0 Å². The summed E-state index contributed by atoms with van der Waals surface area (Å²) >= 11 is 0. The van der Waals surface area contributed by atoms with E-state index in [0.29, 0.717) is 11.8 Å². The van der Waals surface area contributed by atoms with Crippen LogP contribution in [0.15, 0.2) is 18.2 Å². The van der Waals surface area contributed by atoms with Crippen molar-refractivity contribution in [2.24, 2.45) is 11.8 Å². The van der Waals surface area contributed by atoms with Crippen molar-refractivity contribution >= 4 is 0 Å². The molecule has 1 aliphatic rings. The Hall–Kier alpha value is -0.960. The Morgan fingerprint density at radius 2 is 1.88 bits per heavy atom. The summed E-state index contributed by atoms with van der Waals surface area (Å²) in [6.45, 7) is 5.91. The molecule has 0 bridgehead atoms. The van der Waals surface area contributed by atoms with Crippen LogP contribution in [-0.2, 0) is 0 Å². The number of rotatable bonds is 2. The van der Waals surface area contributed by atoms with E-state index in [9.17, 15) is 8.78 Å². The van der Waals surface area contributed by atoms with Crippen LogP contribution in [0.2, 0.25) is 0 Å². The Bertz CT molecular complexity index is 370. The zero-order valence-corrected chi connectivity index (χ0v) is 10.3. The molecule has 1 N–H and O–H groups in total. The molecule has 17 heavy (non-hydrogen) atoms. The van der Waals surface area contributed by atoms with Gasteiger partial charge in [0, 0.05) is 5.56 Å². The van der Waals surface area contributed by atoms with E-state index in [0.717, 1.165) is 19.5 Å². The molecule has 0 amide bonds. The molecule has 0 saturated carbocycles. The molecule has 1 aromatic rings. The van der Waals surface area contributed by atoms with Crippen LogP contribution in [0.4, 0.5) is 8.78 Å². The summed E-state index contributed by atoms with van der Waals surface area (Å²) < 4.78 is 27.6. The van der Waals surface area contributed by atoms with Crippen LogP contribution >= 0.6 is 0 Å². The SMILES string of the molecule is CC(C)C1CNCCC1c1c(F)cccc1F. The normalized spacial score (nSPS) is 25.2. The molecular formula is C14H19F2N. The van der Waals surface area contributed by atoms with Crippen molar-refractivity contribution in [2.75, 3.05) is 13.1 Å². The fourth-order valence-corrected chi connectivity index (χ4v) is 2.81. The van der Waals surface area contributed by atoms with Crippen molar-refractivity contribution in [3.8, 4) is 0 Å². The third-order valence-corrected chi connectivity index (χ3v) is 3.76. The summed E-state index contributed by atoms with van der Waals surface area (Å²) in [6, 6.07) is 4.15. The Balaban J connectivity index is 2.36. The van der Waals surface area contributed by atoms with Crippen LogP contribution < -0.4 is 5.32 Å². The predicted octanol–water partition coefficient (Wildman–Crippen LogP) is 3.31. The Kier molecular flexibility index (Phi) is 3.77. The van der Waals surface area contributed by atoms with Crippen molar-refractivity contribution in [3.05, 3.63) is 35.4 Å². The molecule has 2 rings (SSSR count). The minimum absolute atomic E-state index is 0.00236. The summed E-state index contributed by atoms with van der Waals surface area (Å²) in [6.07, 6.45) is 0.806. The van der Waals surface area contributed by atoms with Crippen molar-refractivity contribution in [2.45, 2.75) is 26.2 Å². The molecule has 0 radical (unpaired) electrons. The second-order valence-electron chi connectivity index (χ2n) is 5.14. The van der Waals surface area contributed by atoms with Crippen LogP contribution in [0.25, 0.3) is 0 Å². The molecule has 1 aromatic carbocycles. The highest BCUT2D eigenvalue weighted by molar-refractivity contribution is 5.25. The topological polar surface area (TPSA) is 12.0 Å². The molecule has 94 valence electrons. The third-order valence-electron chi connectivity index (χ3n) is 3.76. The van der Waals surface area contributed by atoms with E-state index in [2.05, 4.69) is 19.2 Å². The highest BCUT2D eigenvalue weighted by Crippen LogP contribution is 2.37. The van der Waals surface area contributed by atoms with Gasteiger partial charge in [-0.25, -0.2) is 8.78 Å². The number of piperidine rings is 1. The first-order valence-corrected chi connectivity index (χ1v) is 6.26. The second kappa shape index (κ2) is 5.13. The maximum absolute atomic E-state index is 13.8. The van der Waals surface area contributed by atoms with Gasteiger partial charge < -0.3 is 5.32 Å². The molecule has 0 aromatic heterocycles. The van der Waals surface area contributed by atoms with Crippen molar-refractivity contribution < 1.29 is 8.78 Å². The second-order valence-corrected chi connectivity index (χ2v) is 5.14. The summed E-state index contributed by atoms with van der Waals surface area (Å²) in [5.41, 5.74) is 0.285. The third kappa shape index (κ3) is 2.49. The minimum Gasteiger partial charge on any atom is -0.316 e. The van der Waals surface area contributed by atoms with E-state index < -0.39 is 11.6 Å². The van der Waals surface area contributed by atoms with E-state index in [1.807, 2.05) is 0 Å². The first kappa shape index (κ1) is 12.5. The molecule has 2 unspecified atom stereocenters. The molecule has 1 saturated heterocycles. The quantitative estimate of drug-likeness (QED) is 0.835. The molecule has 1 nitrogen and oxygen atoms in total. The van der Waals surface area contributed by atoms with E-state index in [1.165, 1.54) is 18.2 Å². The lowest BCUT2D eigenvalue weighted by molar-refractivity contribution is 0.246. The lowest BCUT2D eigenvalue weighted by atomic mass is 9.75.